The summed E-state index contributed by atoms with van der Waals surface area (Å²) in [5.41, 5.74) is 0.841. The maximum atomic E-state index is 13.7. The van der Waals surface area contributed by atoms with Crippen molar-refractivity contribution < 1.29 is 13.7 Å². The number of carbonyl (C=O) groups excluding carboxylic acids is 1. The molecule has 0 radical (unpaired) electrons. The number of nitrogens with one attached hydrogen (secondary N) is 1. The lowest BCUT2D eigenvalue weighted by Crippen LogP contribution is -2.28. The molecule has 0 aliphatic heterocycles. The van der Waals surface area contributed by atoms with Gasteiger partial charge in [-0.2, -0.15) is 0 Å². The van der Waals surface area contributed by atoms with Crippen molar-refractivity contribution in [3.8, 4) is 11.3 Å². The number of hydrogen-bond donors (Lipinski definition) is 1. The van der Waals surface area contributed by atoms with Gasteiger partial charge in [0.2, 0.25) is 5.91 Å². The summed E-state index contributed by atoms with van der Waals surface area (Å²) in [6.07, 6.45) is 4.17. The van der Waals surface area contributed by atoms with Gasteiger partial charge in [-0.05, 0) is 25.0 Å². The smallest absolute Gasteiger partial charge is 0.223 e. The van der Waals surface area contributed by atoms with Crippen molar-refractivity contribution in [1.29, 1.82) is 0 Å². The molecule has 1 amide bonds. The third-order valence-corrected chi connectivity index (χ3v) is 3.87. The summed E-state index contributed by atoms with van der Waals surface area (Å²) in [5.74, 6) is 0.377. The highest BCUT2D eigenvalue weighted by Crippen LogP contribution is 2.25. The summed E-state index contributed by atoms with van der Waals surface area (Å²) >= 11 is 0. The van der Waals surface area contributed by atoms with Crippen LogP contribution in [0.4, 0.5) is 4.39 Å². The van der Waals surface area contributed by atoms with Crippen molar-refractivity contribution >= 4 is 5.91 Å². The molecule has 1 aliphatic rings. The summed E-state index contributed by atoms with van der Waals surface area (Å²) in [6, 6.07) is 8.06. The zero-order valence-corrected chi connectivity index (χ0v) is 11.6. The number of benzene rings is 1. The molecule has 21 heavy (non-hydrogen) atoms. The molecule has 1 aliphatic carbocycles. The van der Waals surface area contributed by atoms with E-state index in [2.05, 4.69) is 10.5 Å². The molecule has 1 heterocycles. The van der Waals surface area contributed by atoms with E-state index in [1.54, 1.807) is 24.3 Å². The largest absolute Gasteiger partial charge is 0.359 e. The van der Waals surface area contributed by atoms with Crippen LogP contribution in [0.3, 0.4) is 0 Å². The van der Waals surface area contributed by atoms with Gasteiger partial charge in [0.15, 0.2) is 5.76 Å². The van der Waals surface area contributed by atoms with Crippen molar-refractivity contribution in [3.63, 3.8) is 0 Å². The van der Waals surface area contributed by atoms with Crippen molar-refractivity contribution in [3.05, 3.63) is 41.9 Å². The number of nitrogens with zero attached hydrogens (tertiary/aromatic N) is 1. The maximum Gasteiger partial charge on any atom is 0.223 e. The first-order chi connectivity index (χ1) is 10.2. The number of rotatable bonds is 4. The Kier molecular flexibility index (Phi) is 3.99. The Morgan fingerprint density at radius 1 is 1.33 bits per heavy atom. The monoisotopic (exact) mass is 288 g/mol. The molecule has 1 N–H and O–H groups in total. The van der Waals surface area contributed by atoms with E-state index >= 15 is 0 Å². The molecule has 0 spiro atoms. The minimum absolute atomic E-state index is 0.0661. The van der Waals surface area contributed by atoms with Crippen LogP contribution in [-0.2, 0) is 11.3 Å². The standard InChI is InChI=1S/C16H17FN2O2/c17-14-8-4-3-7-13(14)15-9-12(21-19-15)10-18-16(20)11-5-1-2-6-11/h3-4,7-9,11H,1-2,5-6,10H2,(H,18,20). The van der Waals surface area contributed by atoms with Crippen molar-refractivity contribution in [1.82, 2.24) is 10.5 Å². The normalized spacial score (nSPS) is 15.3. The zero-order chi connectivity index (χ0) is 14.7. The quantitative estimate of drug-likeness (QED) is 0.939. The summed E-state index contributed by atoms with van der Waals surface area (Å²) in [7, 11) is 0. The van der Waals surface area contributed by atoms with Gasteiger partial charge in [-0.15, -0.1) is 0 Å². The fourth-order valence-electron chi connectivity index (χ4n) is 2.70. The number of carbonyl (C=O) groups is 1. The summed E-state index contributed by atoms with van der Waals surface area (Å²) in [6.45, 7) is 0.288. The van der Waals surface area contributed by atoms with Gasteiger partial charge in [-0.3, -0.25) is 4.79 Å². The Bertz CT molecular complexity index is 633. The van der Waals surface area contributed by atoms with Crippen LogP contribution in [-0.4, -0.2) is 11.1 Å². The Hall–Kier alpha value is -2.17. The second-order valence-electron chi connectivity index (χ2n) is 5.36. The van der Waals surface area contributed by atoms with Crippen LogP contribution in [0.25, 0.3) is 11.3 Å². The molecule has 0 bridgehead atoms. The van der Waals surface area contributed by atoms with E-state index in [-0.39, 0.29) is 24.2 Å². The molecule has 1 fully saturated rings. The first-order valence-electron chi connectivity index (χ1n) is 7.22. The van der Waals surface area contributed by atoms with Gasteiger partial charge >= 0.3 is 0 Å². The fourth-order valence-corrected chi connectivity index (χ4v) is 2.70. The first kappa shape index (κ1) is 13.8. The van der Waals surface area contributed by atoms with Crippen LogP contribution in [0.2, 0.25) is 0 Å². The first-order valence-corrected chi connectivity index (χ1v) is 7.22. The lowest BCUT2D eigenvalue weighted by molar-refractivity contribution is -0.125. The number of halogens is 1. The average molecular weight is 288 g/mol. The topological polar surface area (TPSA) is 55.1 Å². The predicted octanol–water partition coefficient (Wildman–Crippen LogP) is 3.29. The van der Waals surface area contributed by atoms with Gasteiger partial charge in [0.25, 0.3) is 0 Å². The van der Waals surface area contributed by atoms with Crippen LogP contribution < -0.4 is 5.32 Å². The highest BCUT2D eigenvalue weighted by Gasteiger charge is 2.22. The molecule has 0 atom stereocenters. The SMILES string of the molecule is O=C(NCc1cc(-c2ccccc2F)no1)C1CCCC1. The summed E-state index contributed by atoms with van der Waals surface area (Å²) in [5, 5.41) is 6.71. The van der Waals surface area contributed by atoms with Gasteiger partial charge in [0.1, 0.15) is 11.5 Å². The van der Waals surface area contributed by atoms with Gasteiger partial charge in [-0.25, -0.2) is 4.39 Å². The minimum atomic E-state index is -0.340. The van der Waals surface area contributed by atoms with E-state index < -0.39 is 0 Å². The van der Waals surface area contributed by atoms with Crippen molar-refractivity contribution in [2.45, 2.75) is 32.2 Å². The van der Waals surface area contributed by atoms with Crippen molar-refractivity contribution in [2.75, 3.05) is 0 Å². The lowest BCUT2D eigenvalue weighted by atomic mass is 10.1. The predicted molar refractivity (Wildman–Crippen MR) is 75.7 cm³/mol. The fraction of sp³-hybridized carbons (Fsp3) is 0.375. The molecule has 110 valence electrons. The van der Waals surface area contributed by atoms with Crippen LogP contribution in [0.15, 0.2) is 34.9 Å². The Balaban J connectivity index is 1.63. The molecule has 4 nitrogen and oxygen atoms in total. The van der Waals surface area contributed by atoms with E-state index in [1.807, 2.05) is 0 Å². The van der Waals surface area contributed by atoms with E-state index in [1.165, 1.54) is 6.07 Å². The van der Waals surface area contributed by atoms with Crippen molar-refractivity contribution in [2.24, 2.45) is 5.92 Å². The molecule has 3 rings (SSSR count). The maximum absolute atomic E-state index is 13.7. The summed E-state index contributed by atoms with van der Waals surface area (Å²) in [4.78, 5) is 11.9. The second-order valence-corrected chi connectivity index (χ2v) is 5.36. The van der Waals surface area contributed by atoms with Crippen LogP contribution >= 0.6 is 0 Å². The van der Waals surface area contributed by atoms with Gasteiger partial charge < -0.3 is 9.84 Å². The Morgan fingerprint density at radius 2 is 2.10 bits per heavy atom. The average Bonchev–Trinajstić information content (AvgIpc) is 3.17. The molecule has 2 aromatic rings. The third-order valence-electron chi connectivity index (χ3n) is 3.87. The molecule has 1 saturated carbocycles. The molecule has 1 aromatic carbocycles. The molecule has 5 heteroatoms. The Morgan fingerprint density at radius 3 is 2.86 bits per heavy atom. The molecule has 1 aromatic heterocycles. The molecule has 0 unspecified atom stereocenters. The summed E-state index contributed by atoms with van der Waals surface area (Å²) < 4.78 is 18.8. The van der Waals surface area contributed by atoms with Crippen LogP contribution in [0.1, 0.15) is 31.4 Å². The zero-order valence-electron chi connectivity index (χ0n) is 11.6. The highest BCUT2D eigenvalue weighted by molar-refractivity contribution is 5.78. The van der Waals surface area contributed by atoms with Crippen LogP contribution in [0, 0.1) is 11.7 Å². The Labute approximate surface area is 122 Å². The van der Waals surface area contributed by atoms with Gasteiger partial charge in [-0.1, -0.05) is 30.1 Å². The van der Waals surface area contributed by atoms with E-state index in [0.29, 0.717) is 17.0 Å². The van der Waals surface area contributed by atoms with E-state index in [0.717, 1.165) is 25.7 Å². The highest BCUT2D eigenvalue weighted by atomic mass is 19.1. The lowest BCUT2D eigenvalue weighted by Gasteiger charge is -2.08. The van der Waals surface area contributed by atoms with E-state index in [9.17, 15) is 9.18 Å². The van der Waals surface area contributed by atoms with Gasteiger partial charge in [0, 0.05) is 17.5 Å². The molecular weight excluding hydrogens is 271 g/mol. The molecular formula is C16H17FN2O2. The second kappa shape index (κ2) is 6.08. The molecule has 0 saturated heterocycles. The number of amides is 1. The van der Waals surface area contributed by atoms with Crippen LogP contribution in [0.5, 0.6) is 0 Å². The minimum Gasteiger partial charge on any atom is -0.359 e. The third kappa shape index (κ3) is 3.12. The number of hydrogen-bond acceptors (Lipinski definition) is 3. The van der Waals surface area contributed by atoms with Gasteiger partial charge in [0.05, 0.1) is 6.54 Å². The number of aromatic nitrogens is 1. The van der Waals surface area contributed by atoms with E-state index in [4.69, 9.17) is 4.52 Å².